The van der Waals surface area contributed by atoms with Crippen LogP contribution in [0.15, 0.2) is 47.4 Å². The third-order valence-corrected chi connectivity index (χ3v) is 7.35. The van der Waals surface area contributed by atoms with Gasteiger partial charge in [-0.3, -0.25) is 8.98 Å². The highest BCUT2D eigenvalue weighted by atomic mass is 32.2. The van der Waals surface area contributed by atoms with E-state index >= 15 is 4.39 Å². The molecular formula is C27H27FN2O9S. The summed E-state index contributed by atoms with van der Waals surface area (Å²) in [6.07, 6.45) is 2.16. The van der Waals surface area contributed by atoms with Gasteiger partial charge in [-0.25, -0.2) is 14.0 Å². The number of hydrogen-bond acceptors (Lipinski definition) is 9. The summed E-state index contributed by atoms with van der Waals surface area (Å²) in [5.41, 5.74) is -1.29. The van der Waals surface area contributed by atoms with Gasteiger partial charge < -0.3 is 24.1 Å². The van der Waals surface area contributed by atoms with Crippen molar-refractivity contribution in [2.45, 2.75) is 38.0 Å². The Kier molecular flexibility index (Phi) is 7.27. The zero-order chi connectivity index (χ0) is 28.7. The lowest BCUT2D eigenvalue weighted by Gasteiger charge is -2.32. The van der Waals surface area contributed by atoms with Gasteiger partial charge in [-0.15, -0.1) is 0 Å². The molecule has 2 aliphatic rings. The number of amides is 1. The average Bonchev–Trinajstić information content (AvgIpc) is 3.68. The van der Waals surface area contributed by atoms with E-state index in [0.29, 0.717) is 12.8 Å². The molecule has 1 aliphatic heterocycles. The third kappa shape index (κ3) is 5.39. The molecule has 13 heteroatoms. The first-order chi connectivity index (χ1) is 19.0. The topological polar surface area (TPSA) is 139 Å². The quantitative estimate of drug-likeness (QED) is 0.302. The van der Waals surface area contributed by atoms with E-state index in [2.05, 4.69) is 5.32 Å². The Morgan fingerprint density at radius 1 is 1.20 bits per heavy atom. The molecule has 212 valence electrons. The number of rotatable bonds is 9. The van der Waals surface area contributed by atoms with Crippen molar-refractivity contribution >= 4 is 33.1 Å². The number of ether oxygens (including phenoxy) is 3. The minimum atomic E-state index is -3.82. The summed E-state index contributed by atoms with van der Waals surface area (Å²) in [5.74, 6) is -1.70. The van der Waals surface area contributed by atoms with Crippen LogP contribution in [0.25, 0.3) is 10.9 Å². The fourth-order valence-electron chi connectivity index (χ4n) is 4.79. The summed E-state index contributed by atoms with van der Waals surface area (Å²) in [5, 5.41) is 2.59. The fourth-order valence-corrected chi connectivity index (χ4v) is 5.19. The van der Waals surface area contributed by atoms with Gasteiger partial charge in [0.1, 0.15) is 24.6 Å². The molecule has 11 nitrogen and oxygen atoms in total. The van der Waals surface area contributed by atoms with E-state index in [9.17, 15) is 22.8 Å². The second kappa shape index (κ2) is 10.5. The standard InChI is InChI=1S/C27H27FN2O9S/c1-3-36-25(32)19-12-30-17(15-39-40(2,34)35)14-37-24-21(20(28)11-18(22(24)30)23(19)31)27(9-10-27)29-26(33)38-13-16-7-5-4-6-8-16/h4-8,11-12,17H,3,9-10,13-15H2,1-2H3,(H,29,33). The Bertz CT molecular complexity index is 1650. The Balaban J connectivity index is 1.56. The van der Waals surface area contributed by atoms with E-state index in [1.165, 1.54) is 10.8 Å². The molecule has 40 heavy (non-hydrogen) atoms. The molecule has 1 N–H and O–H groups in total. The van der Waals surface area contributed by atoms with Crippen LogP contribution in [0.4, 0.5) is 9.18 Å². The maximum atomic E-state index is 15.8. The van der Waals surface area contributed by atoms with Crippen LogP contribution >= 0.6 is 0 Å². The molecule has 2 heterocycles. The number of carbonyl (C=O) groups is 2. The maximum absolute atomic E-state index is 15.8. The number of pyridine rings is 1. The number of halogens is 1. The lowest BCUT2D eigenvalue weighted by Crippen LogP contribution is -2.38. The molecule has 5 rings (SSSR count). The number of esters is 1. The summed E-state index contributed by atoms with van der Waals surface area (Å²) < 4.78 is 61.8. The molecule has 1 atom stereocenters. The van der Waals surface area contributed by atoms with Crippen LogP contribution in [0.5, 0.6) is 5.75 Å². The normalized spacial score (nSPS) is 17.1. The number of benzene rings is 2. The van der Waals surface area contributed by atoms with Crippen LogP contribution in [0.3, 0.4) is 0 Å². The summed E-state index contributed by atoms with van der Waals surface area (Å²) in [6, 6.07) is 9.28. The SMILES string of the molecule is CCOC(=O)c1cn2c3c(c(C4(NC(=O)OCc5ccccc5)CC4)c(F)cc3c1=O)OCC2COS(C)(=O)=O. The van der Waals surface area contributed by atoms with Crippen molar-refractivity contribution in [3.05, 3.63) is 75.3 Å². The fraction of sp³-hybridized carbons (Fsp3) is 0.370. The zero-order valence-electron chi connectivity index (χ0n) is 21.8. The first-order valence-electron chi connectivity index (χ1n) is 12.6. The first-order valence-corrected chi connectivity index (χ1v) is 14.4. The van der Waals surface area contributed by atoms with Gasteiger partial charge in [0.2, 0.25) is 5.43 Å². The van der Waals surface area contributed by atoms with Crippen molar-refractivity contribution in [2.24, 2.45) is 0 Å². The Hall–Kier alpha value is -3.97. The molecule has 0 spiro atoms. The molecule has 1 aromatic heterocycles. The Morgan fingerprint density at radius 3 is 2.58 bits per heavy atom. The van der Waals surface area contributed by atoms with E-state index in [1.54, 1.807) is 19.1 Å². The highest BCUT2D eigenvalue weighted by molar-refractivity contribution is 7.85. The predicted molar refractivity (Wildman–Crippen MR) is 140 cm³/mol. The molecule has 1 unspecified atom stereocenters. The largest absolute Gasteiger partial charge is 0.489 e. The molecule has 1 saturated carbocycles. The predicted octanol–water partition coefficient (Wildman–Crippen LogP) is 3.14. The van der Waals surface area contributed by atoms with Gasteiger partial charge in [-0.1, -0.05) is 30.3 Å². The van der Waals surface area contributed by atoms with Crippen molar-refractivity contribution in [3.63, 3.8) is 0 Å². The monoisotopic (exact) mass is 574 g/mol. The van der Waals surface area contributed by atoms with Crippen LogP contribution < -0.4 is 15.5 Å². The maximum Gasteiger partial charge on any atom is 0.408 e. The van der Waals surface area contributed by atoms with Gasteiger partial charge >= 0.3 is 12.1 Å². The van der Waals surface area contributed by atoms with E-state index < -0.39 is 45.0 Å². The highest BCUT2D eigenvalue weighted by Gasteiger charge is 2.51. The molecular weight excluding hydrogens is 547 g/mol. The lowest BCUT2D eigenvalue weighted by atomic mass is 9.97. The van der Waals surface area contributed by atoms with E-state index in [4.69, 9.17) is 18.4 Å². The lowest BCUT2D eigenvalue weighted by molar-refractivity contribution is 0.0523. The minimum absolute atomic E-state index is 0.00709. The number of nitrogens with one attached hydrogen (secondary N) is 1. The van der Waals surface area contributed by atoms with Crippen LogP contribution in [0.1, 0.15) is 47.3 Å². The smallest absolute Gasteiger partial charge is 0.408 e. The van der Waals surface area contributed by atoms with Gasteiger partial charge in [-0.2, -0.15) is 8.42 Å². The van der Waals surface area contributed by atoms with Crippen molar-refractivity contribution in [3.8, 4) is 5.75 Å². The molecule has 0 bridgehead atoms. The minimum Gasteiger partial charge on any atom is -0.489 e. The second-order valence-electron chi connectivity index (χ2n) is 9.68. The van der Waals surface area contributed by atoms with E-state index in [1.807, 2.05) is 18.2 Å². The van der Waals surface area contributed by atoms with E-state index in [0.717, 1.165) is 17.9 Å². The number of alkyl carbamates (subject to hydrolysis) is 1. The van der Waals surface area contributed by atoms with Gasteiger partial charge in [-0.05, 0) is 31.4 Å². The summed E-state index contributed by atoms with van der Waals surface area (Å²) in [6.45, 7) is 1.08. The number of aromatic nitrogens is 1. The van der Waals surface area contributed by atoms with Crippen LogP contribution in [-0.2, 0) is 35.9 Å². The van der Waals surface area contributed by atoms with Crippen molar-refractivity contribution < 1.29 is 40.8 Å². The van der Waals surface area contributed by atoms with Crippen molar-refractivity contribution in [1.29, 1.82) is 0 Å². The highest BCUT2D eigenvalue weighted by Crippen LogP contribution is 2.52. The van der Waals surface area contributed by atoms with Gasteiger partial charge in [0.25, 0.3) is 10.1 Å². The first kappa shape index (κ1) is 27.6. The van der Waals surface area contributed by atoms with Crippen molar-refractivity contribution in [2.75, 3.05) is 26.1 Å². The van der Waals surface area contributed by atoms with Crippen molar-refractivity contribution in [1.82, 2.24) is 9.88 Å². The second-order valence-corrected chi connectivity index (χ2v) is 11.3. The number of nitrogens with zero attached hydrogens (tertiary/aromatic N) is 1. The van der Waals surface area contributed by atoms with Gasteiger partial charge in [0.15, 0.2) is 5.75 Å². The average molecular weight is 575 g/mol. The Morgan fingerprint density at radius 2 is 1.93 bits per heavy atom. The summed E-state index contributed by atoms with van der Waals surface area (Å²) in [4.78, 5) is 38.5. The zero-order valence-corrected chi connectivity index (χ0v) is 22.6. The number of hydrogen-bond donors (Lipinski definition) is 1. The van der Waals surface area contributed by atoms with Crippen LogP contribution in [0.2, 0.25) is 0 Å². The summed E-state index contributed by atoms with van der Waals surface area (Å²) in [7, 11) is -3.82. The molecule has 1 amide bonds. The van der Waals surface area contributed by atoms with Gasteiger partial charge in [0.05, 0.1) is 47.5 Å². The van der Waals surface area contributed by atoms with E-state index in [-0.39, 0.29) is 54.2 Å². The molecule has 0 saturated heterocycles. The number of carbonyl (C=O) groups excluding carboxylic acids is 2. The Labute approximate surface area is 228 Å². The molecule has 1 fully saturated rings. The molecule has 3 aromatic rings. The van der Waals surface area contributed by atoms with Crippen LogP contribution in [-0.4, -0.2) is 51.1 Å². The summed E-state index contributed by atoms with van der Waals surface area (Å²) >= 11 is 0. The third-order valence-electron chi connectivity index (χ3n) is 6.79. The van der Waals surface area contributed by atoms with Gasteiger partial charge in [0, 0.05) is 6.20 Å². The molecule has 1 aliphatic carbocycles. The molecule has 0 radical (unpaired) electrons. The molecule has 2 aromatic carbocycles. The van der Waals surface area contributed by atoms with Crippen LogP contribution in [0, 0.1) is 5.82 Å².